The summed E-state index contributed by atoms with van der Waals surface area (Å²) in [4.78, 5) is 22.1. The fraction of sp³-hybridized carbons (Fsp3) is 0.136. The van der Waals surface area contributed by atoms with Crippen molar-refractivity contribution in [2.45, 2.75) is 20.8 Å². The largest absolute Gasteiger partial charge is 0.306 e. The number of aromatic nitrogens is 6. The molecule has 0 radical (unpaired) electrons. The lowest BCUT2D eigenvalue weighted by atomic mass is 10.1. The number of nitrogens with zero attached hydrogens (tertiary/aromatic N) is 6. The highest BCUT2D eigenvalue weighted by molar-refractivity contribution is 7.12. The van der Waals surface area contributed by atoms with Gasteiger partial charge in [0, 0.05) is 6.07 Å². The zero-order valence-corrected chi connectivity index (χ0v) is 18.0. The number of hydrogen-bond donors (Lipinski definition) is 1. The van der Waals surface area contributed by atoms with E-state index in [4.69, 9.17) is 0 Å². The highest BCUT2D eigenvalue weighted by Crippen LogP contribution is 2.25. The minimum Gasteiger partial charge on any atom is -0.306 e. The Balaban J connectivity index is 1.60. The summed E-state index contributed by atoms with van der Waals surface area (Å²) in [6.07, 6.45) is 3.21. The predicted octanol–water partition coefficient (Wildman–Crippen LogP) is 4.24. The topological polar surface area (TPSA) is 90.5 Å². The minimum atomic E-state index is -0.188. The van der Waals surface area contributed by atoms with Crippen LogP contribution in [0.3, 0.4) is 0 Å². The number of hydrogen-bond acceptors (Lipinski definition) is 6. The molecule has 1 aromatic carbocycles. The van der Waals surface area contributed by atoms with Crippen molar-refractivity contribution in [1.29, 1.82) is 0 Å². The van der Waals surface area contributed by atoms with Crippen molar-refractivity contribution in [2.24, 2.45) is 0 Å². The number of thiophene rings is 1. The van der Waals surface area contributed by atoms with Gasteiger partial charge in [-0.05, 0) is 55.5 Å². The molecule has 154 valence electrons. The number of benzene rings is 1. The zero-order chi connectivity index (χ0) is 21.5. The maximum Gasteiger partial charge on any atom is 0.266 e. The lowest BCUT2D eigenvalue weighted by Gasteiger charge is -2.09. The van der Waals surface area contributed by atoms with E-state index in [9.17, 15) is 4.79 Å². The first-order chi connectivity index (χ1) is 15.0. The van der Waals surface area contributed by atoms with E-state index in [0.29, 0.717) is 22.2 Å². The van der Waals surface area contributed by atoms with E-state index in [1.165, 1.54) is 28.8 Å². The van der Waals surface area contributed by atoms with Gasteiger partial charge in [-0.2, -0.15) is 14.9 Å². The molecule has 5 aromatic rings. The van der Waals surface area contributed by atoms with Gasteiger partial charge in [-0.25, -0.2) is 14.6 Å². The lowest BCUT2D eigenvalue weighted by molar-refractivity contribution is 0.103. The third kappa shape index (κ3) is 3.38. The second-order valence-electron chi connectivity index (χ2n) is 7.27. The van der Waals surface area contributed by atoms with E-state index in [0.717, 1.165) is 16.8 Å². The minimum absolute atomic E-state index is 0.188. The third-order valence-corrected chi connectivity index (χ3v) is 5.97. The van der Waals surface area contributed by atoms with E-state index in [1.54, 1.807) is 21.6 Å². The first-order valence-corrected chi connectivity index (χ1v) is 10.6. The number of fused-ring (bicyclic) bond motifs is 1. The first-order valence-electron chi connectivity index (χ1n) is 9.69. The number of aryl methyl sites for hydroxylation is 3. The molecule has 0 aliphatic heterocycles. The Bertz CT molecular complexity index is 1420. The van der Waals surface area contributed by atoms with E-state index < -0.39 is 0 Å². The molecule has 0 saturated heterocycles. The van der Waals surface area contributed by atoms with Crippen LogP contribution in [-0.2, 0) is 0 Å². The van der Waals surface area contributed by atoms with Crippen LogP contribution < -0.4 is 5.32 Å². The van der Waals surface area contributed by atoms with Gasteiger partial charge in [0.15, 0.2) is 11.5 Å². The normalized spacial score (nSPS) is 11.2. The van der Waals surface area contributed by atoms with Crippen molar-refractivity contribution >= 4 is 34.1 Å². The molecule has 0 fully saturated rings. The molecular formula is C22H19N7OS. The molecule has 0 bridgehead atoms. The van der Waals surface area contributed by atoms with E-state index in [2.05, 4.69) is 51.5 Å². The number of nitrogens with one attached hydrogen (secondary N) is 1. The molecular weight excluding hydrogens is 410 g/mol. The maximum absolute atomic E-state index is 12.6. The Morgan fingerprint density at radius 2 is 1.90 bits per heavy atom. The zero-order valence-electron chi connectivity index (χ0n) is 17.2. The Kier molecular flexibility index (Phi) is 4.59. The maximum atomic E-state index is 12.6. The molecule has 0 atom stereocenters. The van der Waals surface area contributed by atoms with Crippen LogP contribution in [-0.4, -0.2) is 35.4 Å². The average molecular weight is 430 g/mol. The van der Waals surface area contributed by atoms with E-state index in [1.807, 2.05) is 30.5 Å². The van der Waals surface area contributed by atoms with Crippen LogP contribution in [0.1, 0.15) is 26.5 Å². The molecule has 4 aromatic heterocycles. The van der Waals surface area contributed by atoms with Gasteiger partial charge in [-0.15, -0.1) is 11.3 Å². The molecule has 8 nitrogen and oxygen atoms in total. The Hall–Kier alpha value is -3.85. The van der Waals surface area contributed by atoms with Crippen LogP contribution in [0.15, 0.2) is 54.3 Å². The standard InChI is InChI=1S/C22H19N7OS/c1-13-6-7-16(9-14(13)2)28-20-17(11-25-28)21(24-12-23-20)29-19(10-15(3)27-29)26-22(30)18-5-4-8-31-18/h4-12H,1-3H3,(H,26,30). The fourth-order valence-electron chi connectivity index (χ4n) is 3.38. The van der Waals surface area contributed by atoms with Crippen molar-refractivity contribution in [3.05, 3.63) is 76.0 Å². The quantitative estimate of drug-likeness (QED) is 0.461. The lowest BCUT2D eigenvalue weighted by Crippen LogP contribution is -2.14. The van der Waals surface area contributed by atoms with Crippen molar-refractivity contribution in [3.8, 4) is 11.5 Å². The van der Waals surface area contributed by atoms with Crippen LogP contribution in [0.2, 0.25) is 0 Å². The second kappa shape index (κ2) is 7.44. The summed E-state index contributed by atoms with van der Waals surface area (Å²) in [7, 11) is 0. The van der Waals surface area contributed by atoms with Gasteiger partial charge in [-0.1, -0.05) is 12.1 Å². The Morgan fingerprint density at radius 3 is 2.68 bits per heavy atom. The number of carbonyl (C=O) groups is 1. The summed E-state index contributed by atoms with van der Waals surface area (Å²) < 4.78 is 3.41. The summed E-state index contributed by atoms with van der Waals surface area (Å²) in [5.74, 6) is 0.900. The summed E-state index contributed by atoms with van der Waals surface area (Å²) in [5.41, 5.74) is 4.74. The second-order valence-corrected chi connectivity index (χ2v) is 8.22. The van der Waals surface area contributed by atoms with Crippen molar-refractivity contribution in [2.75, 3.05) is 5.32 Å². The fourth-order valence-corrected chi connectivity index (χ4v) is 4.00. The third-order valence-electron chi connectivity index (χ3n) is 5.10. The molecule has 0 saturated carbocycles. The van der Waals surface area contributed by atoms with E-state index >= 15 is 0 Å². The van der Waals surface area contributed by atoms with Gasteiger partial charge in [0.2, 0.25) is 0 Å². The molecule has 0 unspecified atom stereocenters. The summed E-state index contributed by atoms with van der Waals surface area (Å²) in [6, 6.07) is 11.6. The van der Waals surface area contributed by atoms with Gasteiger partial charge in [0.1, 0.15) is 12.1 Å². The van der Waals surface area contributed by atoms with Crippen molar-refractivity contribution in [3.63, 3.8) is 0 Å². The average Bonchev–Trinajstić information content (AvgIpc) is 3.49. The monoisotopic (exact) mass is 429 g/mol. The first kappa shape index (κ1) is 19.1. The highest BCUT2D eigenvalue weighted by Gasteiger charge is 2.18. The highest BCUT2D eigenvalue weighted by atomic mass is 32.1. The van der Waals surface area contributed by atoms with Crippen LogP contribution >= 0.6 is 11.3 Å². The van der Waals surface area contributed by atoms with E-state index in [-0.39, 0.29) is 5.91 Å². The molecule has 0 aliphatic carbocycles. The Morgan fingerprint density at radius 1 is 1.03 bits per heavy atom. The summed E-state index contributed by atoms with van der Waals surface area (Å²) in [5, 5.41) is 14.6. The predicted molar refractivity (Wildman–Crippen MR) is 120 cm³/mol. The van der Waals surface area contributed by atoms with Gasteiger partial charge in [0.25, 0.3) is 5.91 Å². The number of rotatable bonds is 4. The molecule has 31 heavy (non-hydrogen) atoms. The van der Waals surface area contributed by atoms with Crippen LogP contribution in [0.5, 0.6) is 0 Å². The van der Waals surface area contributed by atoms with Crippen LogP contribution in [0.25, 0.3) is 22.5 Å². The van der Waals surface area contributed by atoms with Crippen LogP contribution in [0.4, 0.5) is 5.82 Å². The molecule has 0 aliphatic rings. The van der Waals surface area contributed by atoms with Gasteiger partial charge < -0.3 is 5.32 Å². The summed E-state index contributed by atoms with van der Waals surface area (Å²) >= 11 is 1.38. The smallest absolute Gasteiger partial charge is 0.266 e. The molecule has 1 amide bonds. The van der Waals surface area contributed by atoms with Gasteiger partial charge >= 0.3 is 0 Å². The molecule has 9 heteroatoms. The number of amides is 1. The van der Waals surface area contributed by atoms with Crippen LogP contribution in [0, 0.1) is 20.8 Å². The number of anilines is 1. The summed E-state index contributed by atoms with van der Waals surface area (Å²) in [6.45, 7) is 6.01. The molecule has 4 heterocycles. The van der Waals surface area contributed by atoms with Crippen molar-refractivity contribution in [1.82, 2.24) is 29.5 Å². The molecule has 1 N–H and O–H groups in total. The van der Waals surface area contributed by atoms with Gasteiger partial charge in [0.05, 0.1) is 27.8 Å². The van der Waals surface area contributed by atoms with Gasteiger partial charge in [-0.3, -0.25) is 4.79 Å². The SMILES string of the molecule is Cc1cc(NC(=O)c2cccs2)n(-c2ncnc3c2cnn3-c2ccc(C)c(C)c2)n1. The number of carbonyl (C=O) groups excluding carboxylic acids is 1. The molecule has 0 spiro atoms. The molecule has 5 rings (SSSR count). The Labute approximate surface area is 182 Å². The van der Waals surface area contributed by atoms with Crippen molar-refractivity contribution < 1.29 is 4.79 Å².